The number of methoxy groups -OCH3 is 2. The Bertz CT molecular complexity index is 1290. The van der Waals surface area contributed by atoms with Crippen LogP contribution in [0.4, 0.5) is 5.69 Å². The molecule has 39 heavy (non-hydrogen) atoms. The summed E-state index contributed by atoms with van der Waals surface area (Å²) in [7, 11) is 3.43. The lowest BCUT2D eigenvalue weighted by Crippen LogP contribution is -2.39. The first kappa shape index (κ1) is 26.7. The van der Waals surface area contributed by atoms with Crippen molar-refractivity contribution in [2.24, 2.45) is 5.92 Å². The van der Waals surface area contributed by atoms with Gasteiger partial charge in [-0.15, -0.1) is 0 Å². The van der Waals surface area contributed by atoms with Gasteiger partial charge in [-0.05, 0) is 47.7 Å². The van der Waals surface area contributed by atoms with Crippen LogP contribution in [0.1, 0.15) is 24.0 Å². The Morgan fingerprint density at radius 2 is 1.31 bits per heavy atom. The van der Waals surface area contributed by atoms with Crippen molar-refractivity contribution >= 4 is 5.69 Å². The van der Waals surface area contributed by atoms with E-state index in [2.05, 4.69) is 41.3 Å². The van der Waals surface area contributed by atoms with E-state index in [9.17, 15) is 0 Å². The molecule has 1 aliphatic heterocycles. The van der Waals surface area contributed by atoms with E-state index in [0.717, 1.165) is 48.2 Å². The number of ether oxygens (including phenoxy) is 4. The summed E-state index contributed by atoms with van der Waals surface area (Å²) in [5.41, 5.74) is 5.38. The van der Waals surface area contributed by atoms with Crippen molar-refractivity contribution in [1.29, 1.82) is 0 Å². The van der Waals surface area contributed by atoms with Gasteiger partial charge in [0.1, 0.15) is 13.2 Å². The molecular formula is C33H36N2O4. The van der Waals surface area contributed by atoms with Gasteiger partial charge in [-0.2, -0.15) is 4.98 Å². The van der Waals surface area contributed by atoms with Crippen LogP contribution in [-0.2, 0) is 22.7 Å². The van der Waals surface area contributed by atoms with Gasteiger partial charge in [0.2, 0.25) is 11.8 Å². The number of hydrogen-bond acceptors (Lipinski definition) is 6. The van der Waals surface area contributed by atoms with Crippen molar-refractivity contribution in [3.8, 4) is 22.9 Å². The van der Waals surface area contributed by atoms with E-state index in [1.165, 1.54) is 5.69 Å². The molecule has 6 nitrogen and oxygen atoms in total. The fourth-order valence-corrected chi connectivity index (χ4v) is 5.05. The van der Waals surface area contributed by atoms with Crippen LogP contribution in [0.5, 0.6) is 11.8 Å². The summed E-state index contributed by atoms with van der Waals surface area (Å²) >= 11 is 0. The smallest absolute Gasteiger partial charge is 0.225 e. The topological polar surface area (TPSA) is 53.1 Å². The SMILES string of the molecule is COC(OC)C1CCN(c2ccc(-c3ccc(OCc4ccccc4)nc3OCc3ccccc3)cc2)CC1. The molecule has 0 saturated carbocycles. The zero-order valence-electron chi connectivity index (χ0n) is 22.7. The Labute approximate surface area is 231 Å². The second kappa shape index (κ2) is 13.3. The molecule has 0 amide bonds. The lowest BCUT2D eigenvalue weighted by molar-refractivity contribution is -0.141. The van der Waals surface area contributed by atoms with Crippen LogP contribution in [0.2, 0.25) is 0 Å². The molecule has 1 saturated heterocycles. The van der Waals surface area contributed by atoms with E-state index < -0.39 is 0 Å². The normalized spacial score (nSPS) is 14.0. The highest BCUT2D eigenvalue weighted by Gasteiger charge is 2.26. The Balaban J connectivity index is 1.31. The third-order valence-corrected chi connectivity index (χ3v) is 7.22. The number of benzene rings is 3. The van der Waals surface area contributed by atoms with Gasteiger partial charge in [0.15, 0.2) is 6.29 Å². The highest BCUT2D eigenvalue weighted by atomic mass is 16.7. The first-order chi connectivity index (χ1) is 19.2. The van der Waals surface area contributed by atoms with Crippen molar-refractivity contribution in [2.75, 3.05) is 32.2 Å². The highest BCUT2D eigenvalue weighted by Crippen LogP contribution is 2.34. The number of hydrogen-bond donors (Lipinski definition) is 0. The fourth-order valence-electron chi connectivity index (χ4n) is 5.05. The summed E-state index contributed by atoms with van der Waals surface area (Å²) < 4.78 is 23.2. The van der Waals surface area contributed by atoms with Crippen molar-refractivity contribution < 1.29 is 18.9 Å². The summed E-state index contributed by atoms with van der Waals surface area (Å²) in [5.74, 6) is 1.52. The lowest BCUT2D eigenvalue weighted by atomic mass is 9.95. The van der Waals surface area contributed by atoms with Gasteiger partial charge in [0, 0.05) is 50.5 Å². The summed E-state index contributed by atoms with van der Waals surface area (Å²) in [5, 5.41) is 0. The van der Waals surface area contributed by atoms with Gasteiger partial charge >= 0.3 is 0 Å². The molecule has 6 heteroatoms. The molecule has 0 atom stereocenters. The predicted molar refractivity (Wildman–Crippen MR) is 154 cm³/mol. The number of nitrogens with zero attached hydrogens (tertiary/aromatic N) is 2. The van der Waals surface area contributed by atoms with E-state index >= 15 is 0 Å². The Morgan fingerprint density at radius 3 is 1.90 bits per heavy atom. The average Bonchev–Trinajstić information content (AvgIpc) is 3.01. The molecule has 0 radical (unpaired) electrons. The third kappa shape index (κ3) is 6.96. The van der Waals surface area contributed by atoms with Crippen molar-refractivity contribution in [3.63, 3.8) is 0 Å². The highest BCUT2D eigenvalue weighted by molar-refractivity contribution is 5.71. The minimum absolute atomic E-state index is 0.129. The second-order valence-corrected chi connectivity index (χ2v) is 9.76. The Morgan fingerprint density at radius 1 is 0.718 bits per heavy atom. The zero-order chi connectivity index (χ0) is 26.9. The summed E-state index contributed by atoms with van der Waals surface area (Å²) in [6.45, 7) is 2.84. The van der Waals surface area contributed by atoms with Crippen LogP contribution in [0, 0.1) is 5.92 Å². The maximum Gasteiger partial charge on any atom is 0.225 e. The number of aromatic nitrogens is 1. The van der Waals surface area contributed by atoms with Gasteiger partial charge in [0.25, 0.3) is 0 Å². The lowest BCUT2D eigenvalue weighted by Gasteiger charge is -2.36. The molecule has 0 bridgehead atoms. The van der Waals surface area contributed by atoms with Crippen LogP contribution in [0.15, 0.2) is 97.1 Å². The summed E-state index contributed by atoms with van der Waals surface area (Å²) in [4.78, 5) is 7.18. The van der Waals surface area contributed by atoms with Crippen LogP contribution in [-0.4, -0.2) is 38.6 Å². The molecule has 0 aliphatic carbocycles. The molecule has 4 aromatic rings. The third-order valence-electron chi connectivity index (χ3n) is 7.22. The Kier molecular flexibility index (Phi) is 9.09. The molecule has 3 aromatic carbocycles. The minimum atomic E-state index is -0.129. The maximum atomic E-state index is 6.25. The standard InChI is InChI=1S/C33H36N2O4/c1-36-33(37-2)28-19-21-35(22-20-28)29-15-13-27(14-16-29)30-17-18-31(38-23-25-9-5-3-6-10-25)34-32(30)39-24-26-11-7-4-8-12-26/h3-18,28,33H,19-24H2,1-2H3. The van der Waals surface area contributed by atoms with E-state index in [-0.39, 0.29) is 6.29 Å². The second-order valence-electron chi connectivity index (χ2n) is 9.76. The number of rotatable bonds is 11. The molecule has 0 N–H and O–H groups in total. The van der Waals surface area contributed by atoms with Gasteiger partial charge in [0.05, 0.1) is 0 Å². The van der Waals surface area contributed by atoms with Gasteiger partial charge < -0.3 is 23.8 Å². The van der Waals surface area contributed by atoms with Crippen LogP contribution in [0.25, 0.3) is 11.1 Å². The predicted octanol–water partition coefficient (Wildman–Crippen LogP) is 6.74. The largest absolute Gasteiger partial charge is 0.473 e. The van der Waals surface area contributed by atoms with Crippen LogP contribution in [0.3, 0.4) is 0 Å². The summed E-state index contributed by atoms with van der Waals surface area (Å²) in [6.07, 6.45) is 1.95. The fraction of sp³-hybridized carbons (Fsp3) is 0.303. The van der Waals surface area contributed by atoms with Gasteiger partial charge in [-0.3, -0.25) is 0 Å². The first-order valence-electron chi connectivity index (χ1n) is 13.5. The van der Waals surface area contributed by atoms with Gasteiger partial charge in [-0.25, -0.2) is 0 Å². The van der Waals surface area contributed by atoms with Crippen molar-refractivity contribution in [3.05, 3.63) is 108 Å². The molecule has 0 unspecified atom stereocenters. The molecule has 1 aliphatic rings. The molecular weight excluding hydrogens is 488 g/mol. The zero-order valence-corrected chi connectivity index (χ0v) is 22.7. The average molecular weight is 525 g/mol. The van der Waals surface area contributed by atoms with Crippen LogP contribution >= 0.6 is 0 Å². The number of piperidine rings is 1. The molecule has 2 heterocycles. The van der Waals surface area contributed by atoms with Crippen molar-refractivity contribution in [2.45, 2.75) is 32.3 Å². The first-order valence-corrected chi connectivity index (χ1v) is 13.5. The van der Waals surface area contributed by atoms with Crippen molar-refractivity contribution in [1.82, 2.24) is 4.98 Å². The minimum Gasteiger partial charge on any atom is -0.473 e. The van der Waals surface area contributed by atoms with Crippen LogP contribution < -0.4 is 14.4 Å². The monoisotopic (exact) mass is 524 g/mol. The molecule has 5 rings (SSSR count). The van der Waals surface area contributed by atoms with E-state index in [0.29, 0.717) is 30.9 Å². The molecule has 1 aromatic heterocycles. The van der Waals surface area contributed by atoms with E-state index in [4.69, 9.17) is 23.9 Å². The quantitative estimate of drug-likeness (QED) is 0.203. The Hall–Kier alpha value is -3.87. The molecule has 0 spiro atoms. The molecule has 1 fully saturated rings. The maximum absolute atomic E-state index is 6.25. The number of anilines is 1. The van der Waals surface area contributed by atoms with Gasteiger partial charge in [-0.1, -0.05) is 72.8 Å². The van der Waals surface area contributed by atoms with E-state index in [1.54, 1.807) is 14.2 Å². The molecule has 202 valence electrons. The van der Waals surface area contributed by atoms with E-state index in [1.807, 2.05) is 60.7 Å². The summed E-state index contributed by atoms with van der Waals surface area (Å²) in [6, 6.07) is 32.8. The number of pyridine rings is 1.